The first kappa shape index (κ1) is 13.6. The molecule has 0 aliphatic carbocycles. The second-order valence-electron chi connectivity index (χ2n) is 4.05. The van der Waals surface area contributed by atoms with Gasteiger partial charge < -0.3 is 14.8 Å². The monoisotopic (exact) mass is 279 g/mol. The SMILES string of the molecule is CCNCc1ccc(-c2cc(C(=O)O)ccc2Cl)o1. The maximum atomic E-state index is 11.0. The van der Waals surface area contributed by atoms with Crippen molar-refractivity contribution in [1.29, 1.82) is 0 Å². The van der Waals surface area contributed by atoms with Gasteiger partial charge in [0.25, 0.3) is 0 Å². The van der Waals surface area contributed by atoms with Crippen molar-refractivity contribution in [3.05, 3.63) is 46.7 Å². The van der Waals surface area contributed by atoms with Crippen LogP contribution in [0.2, 0.25) is 5.02 Å². The van der Waals surface area contributed by atoms with Gasteiger partial charge in [0.1, 0.15) is 11.5 Å². The van der Waals surface area contributed by atoms with Crippen molar-refractivity contribution < 1.29 is 14.3 Å². The number of carbonyl (C=O) groups is 1. The maximum absolute atomic E-state index is 11.0. The first-order chi connectivity index (χ1) is 9.11. The molecule has 1 aromatic heterocycles. The molecule has 100 valence electrons. The Morgan fingerprint density at radius 1 is 1.37 bits per heavy atom. The lowest BCUT2D eigenvalue weighted by Crippen LogP contribution is -2.10. The number of carboxylic acid groups (broad SMARTS) is 1. The minimum Gasteiger partial charge on any atom is -0.478 e. The molecule has 5 heteroatoms. The number of halogens is 1. The van der Waals surface area contributed by atoms with E-state index in [9.17, 15) is 4.79 Å². The molecular weight excluding hydrogens is 266 g/mol. The molecule has 0 saturated carbocycles. The summed E-state index contributed by atoms with van der Waals surface area (Å²) < 4.78 is 5.65. The number of furan rings is 1. The highest BCUT2D eigenvalue weighted by Crippen LogP contribution is 2.30. The van der Waals surface area contributed by atoms with Crippen molar-refractivity contribution in [2.75, 3.05) is 6.54 Å². The van der Waals surface area contributed by atoms with E-state index in [4.69, 9.17) is 21.1 Å². The lowest BCUT2D eigenvalue weighted by Gasteiger charge is -2.03. The molecule has 0 bridgehead atoms. The zero-order chi connectivity index (χ0) is 13.8. The molecule has 0 spiro atoms. The third-order valence-corrected chi connectivity index (χ3v) is 3.02. The number of aromatic carboxylic acids is 1. The van der Waals surface area contributed by atoms with E-state index in [-0.39, 0.29) is 5.56 Å². The number of benzene rings is 1. The summed E-state index contributed by atoms with van der Waals surface area (Å²) in [6.45, 7) is 3.50. The highest BCUT2D eigenvalue weighted by atomic mass is 35.5. The summed E-state index contributed by atoms with van der Waals surface area (Å²) >= 11 is 6.08. The van der Waals surface area contributed by atoms with Gasteiger partial charge in [-0.1, -0.05) is 18.5 Å². The van der Waals surface area contributed by atoms with Gasteiger partial charge >= 0.3 is 5.97 Å². The summed E-state index contributed by atoms with van der Waals surface area (Å²) in [4.78, 5) is 11.0. The predicted molar refractivity (Wildman–Crippen MR) is 73.5 cm³/mol. The predicted octanol–water partition coefficient (Wildman–Crippen LogP) is 3.41. The molecule has 4 nitrogen and oxygen atoms in total. The molecule has 0 amide bonds. The van der Waals surface area contributed by atoms with Crippen molar-refractivity contribution in [3.8, 4) is 11.3 Å². The van der Waals surface area contributed by atoms with Gasteiger partial charge in [-0.2, -0.15) is 0 Å². The molecule has 1 aromatic carbocycles. The van der Waals surface area contributed by atoms with Gasteiger partial charge in [0.15, 0.2) is 0 Å². The van der Waals surface area contributed by atoms with Gasteiger partial charge in [-0.15, -0.1) is 0 Å². The van der Waals surface area contributed by atoms with Gasteiger partial charge in [-0.05, 0) is 36.9 Å². The van der Waals surface area contributed by atoms with Crippen LogP contribution in [-0.2, 0) is 6.54 Å². The Bertz CT molecular complexity index is 592. The van der Waals surface area contributed by atoms with Gasteiger partial charge in [0, 0.05) is 5.56 Å². The Labute approximate surface area is 116 Å². The van der Waals surface area contributed by atoms with Crippen LogP contribution in [0.4, 0.5) is 0 Å². The Hall–Kier alpha value is -1.78. The van der Waals surface area contributed by atoms with Crippen molar-refractivity contribution in [2.24, 2.45) is 0 Å². The second-order valence-corrected chi connectivity index (χ2v) is 4.45. The van der Waals surface area contributed by atoms with Crippen molar-refractivity contribution >= 4 is 17.6 Å². The molecule has 1 heterocycles. The number of nitrogens with one attached hydrogen (secondary N) is 1. The largest absolute Gasteiger partial charge is 0.478 e. The van der Waals surface area contributed by atoms with Crippen LogP contribution in [0.1, 0.15) is 23.0 Å². The fraction of sp³-hybridized carbons (Fsp3) is 0.214. The van der Waals surface area contributed by atoms with E-state index in [2.05, 4.69) is 5.32 Å². The van der Waals surface area contributed by atoms with E-state index in [0.29, 0.717) is 22.9 Å². The zero-order valence-corrected chi connectivity index (χ0v) is 11.2. The lowest BCUT2D eigenvalue weighted by atomic mass is 10.1. The number of carboxylic acids is 1. The summed E-state index contributed by atoms with van der Waals surface area (Å²) in [5, 5.41) is 12.6. The summed E-state index contributed by atoms with van der Waals surface area (Å²) in [5.41, 5.74) is 0.772. The van der Waals surface area contributed by atoms with Gasteiger partial charge in [0.2, 0.25) is 0 Å². The Kier molecular flexibility index (Phi) is 4.24. The van der Waals surface area contributed by atoms with E-state index >= 15 is 0 Å². The second kappa shape index (κ2) is 5.91. The van der Waals surface area contributed by atoms with Crippen LogP contribution in [0, 0.1) is 0 Å². The Balaban J connectivity index is 2.32. The standard InChI is InChI=1S/C14H14ClNO3/c1-2-16-8-10-4-6-13(19-10)11-7-9(14(17)18)3-5-12(11)15/h3-7,16H,2,8H2,1H3,(H,17,18). The minimum atomic E-state index is -0.989. The van der Waals surface area contributed by atoms with E-state index in [1.165, 1.54) is 12.1 Å². The molecule has 0 fully saturated rings. The molecule has 2 aromatic rings. The van der Waals surface area contributed by atoms with Crippen molar-refractivity contribution in [2.45, 2.75) is 13.5 Å². The van der Waals surface area contributed by atoms with Crippen LogP contribution >= 0.6 is 11.6 Å². The van der Waals surface area contributed by atoms with Crippen LogP contribution in [0.3, 0.4) is 0 Å². The van der Waals surface area contributed by atoms with E-state index in [0.717, 1.165) is 12.3 Å². The van der Waals surface area contributed by atoms with Crippen LogP contribution < -0.4 is 5.32 Å². The highest BCUT2D eigenvalue weighted by Gasteiger charge is 2.12. The third-order valence-electron chi connectivity index (χ3n) is 2.69. The fourth-order valence-corrected chi connectivity index (χ4v) is 1.92. The molecule has 0 atom stereocenters. The lowest BCUT2D eigenvalue weighted by molar-refractivity contribution is 0.0697. The van der Waals surface area contributed by atoms with Crippen molar-refractivity contribution in [3.63, 3.8) is 0 Å². The summed E-state index contributed by atoms with van der Waals surface area (Å²) in [5.74, 6) is 0.368. The average molecular weight is 280 g/mol. The molecule has 0 radical (unpaired) electrons. The Morgan fingerprint density at radius 2 is 2.16 bits per heavy atom. The smallest absolute Gasteiger partial charge is 0.335 e. The average Bonchev–Trinajstić information content (AvgIpc) is 2.85. The molecule has 0 saturated heterocycles. The molecule has 0 aliphatic rings. The van der Waals surface area contributed by atoms with Crippen LogP contribution in [0.25, 0.3) is 11.3 Å². The zero-order valence-electron chi connectivity index (χ0n) is 10.4. The van der Waals surface area contributed by atoms with E-state index < -0.39 is 5.97 Å². The molecule has 0 unspecified atom stereocenters. The molecule has 19 heavy (non-hydrogen) atoms. The number of hydrogen-bond donors (Lipinski definition) is 2. The van der Waals surface area contributed by atoms with Gasteiger partial charge in [-0.3, -0.25) is 0 Å². The first-order valence-corrected chi connectivity index (χ1v) is 6.32. The topological polar surface area (TPSA) is 62.5 Å². The minimum absolute atomic E-state index is 0.184. The fourth-order valence-electron chi connectivity index (χ4n) is 1.71. The normalized spacial score (nSPS) is 10.6. The maximum Gasteiger partial charge on any atom is 0.335 e. The first-order valence-electron chi connectivity index (χ1n) is 5.94. The van der Waals surface area contributed by atoms with E-state index in [1.807, 2.05) is 13.0 Å². The summed E-state index contributed by atoms with van der Waals surface area (Å²) in [7, 11) is 0. The third kappa shape index (κ3) is 3.16. The highest BCUT2D eigenvalue weighted by molar-refractivity contribution is 6.33. The van der Waals surface area contributed by atoms with Crippen LogP contribution in [0.5, 0.6) is 0 Å². The number of rotatable bonds is 5. The summed E-state index contributed by atoms with van der Waals surface area (Å²) in [6, 6.07) is 8.19. The quantitative estimate of drug-likeness (QED) is 0.880. The molecular formula is C14H14ClNO3. The summed E-state index contributed by atoms with van der Waals surface area (Å²) in [6.07, 6.45) is 0. The van der Waals surface area contributed by atoms with Crippen LogP contribution in [0.15, 0.2) is 34.7 Å². The van der Waals surface area contributed by atoms with Crippen LogP contribution in [-0.4, -0.2) is 17.6 Å². The molecule has 2 N–H and O–H groups in total. The Morgan fingerprint density at radius 3 is 2.84 bits per heavy atom. The number of hydrogen-bond acceptors (Lipinski definition) is 3. The van der Waals surface area contributed by atoms with Gasteiger partial charge in [0.05, 0.1) is 17.1 Å². The molecule has 0 aliphatic heterocycles. The van der Waals surface area contributed by atoms with Crippen molar-refractivity contribution in [1.82, 2.24) is 5.32 Å². The van der Waals surface area contributed by atoms with E-state index in [1.54, 1.807) is 12.1 Å². The van der Waals surface area contributed by atoms with Gasteiger partial charge in [-0.25, -0.2) is 4.79 Å². The molecule has 2 rings (SSSR count).